The molecule has 1 radical (unpaired) electrons. The predicted molar refractivity (Wildman–Crippen MR) is 40.6 cm³/mol. The van der Waals surface area contributed by atoms with Gasteiger partial charge in [-0.1, -0.05) is 18.2 Å². The third kappa shape index (κ3) is 1.21. The Kier molecular flexibility index (Phi) is 1.55. The van der Waals surface area contributed by atoms with E-state index < -0.39 is 0 Å². The summed E-state index contributed by atoms with van der Waals surface area (Å²) in [7, 11) is 0. The monoisotopic (exact) mass is 149 g/mol. The highest BCUT2D eigenvalue weighted by atomic mass is 16.6. The number of ether oxygens (including phenoxy) is 1. The summed E-state index contributed by atoms with van der Waals surface area (Å²) < 4.78 is 5.10. The Labute approximate surface area is 65.4 Å². The van der Waals surface area contributed by atoms with E-state index in [0.29, 0.717) is 6.42 Å². The second-order valence-electron chi connectivity index (χ2n) is 2.60. The molecule has 2 heteroatoms. The quantitative estimate of drug-likeness (QED) is 0.610. The SMILES string of the molecule is O[C]1CCc2ccccc2O1. The highest BCUT2D eigenvalue weighted by molar-refractivity contribution is 5.35. The summed E-state index contributed by atoms with van der Waals surface area (Å²) in [6.07, 6.45) is 1.63. The average Bonchev–Trinajstić information content (AvgIpc) is 2.04. The second-order valence-corrected chi connectivity index (χ2v) is 2.60. The van der Waals surface area contributed by atoms with Crippen LogP contribution in [0.4, 0.5) is 0 Å². The molecule has 0 bridgehead atoms. The van der Waals surface area contributed by atoms with Gasteiger partial charge in [-0.05, 0) is 18.1 Å². The molecule has 0 aliphatic carbocycles. The first-order chi connectivity index (χ1) is 5.36. The molecule has 1 aromatic rings. The van der Waals surface area contributed by atoms with E-state index >= 15 is 0 Å². The van der Waals surface area contributed by atoms with Gasteiger partial charge in [-0.25, -0.2) is 0 Å². The van der Waals surface area contributed by atoms with Crippen LogP contribution >= 0.6 is 0 Å². The fourth-order valence-electron chi connectivity index (χ4n) is 1.23. The lowest BCUT2D eigenvalue weighted by molar-refractivity contribution is 0.0821. The topological polar surface area (TPSA) is 29.5 Å². The van der Waals surface area contributed by atoms with E-state index in [1.165, 1.54) is 5.56 Å². The van der Waals surface area contributed by atoms with Crippen molar-refractivity contribution >= 4 is 0 Å². The average molecular weight is 149 g/mol. The number of fused-ring (bicyclic) bond motifs is 1. The Morgan fingerprint density at radius 1 is 1.18 bits per heavy atom. The van der Waals surface area contributed by atoms with Crippen molar-refractivity contribution < 1.29 is 9.84 Å². The maximum Gasteiger partial charge on any atom is 0.274 e. The zero-order valence-corrected chi connectivity index (χ0v) is 6.08. The van der Waals surface area contributed by atoms with Crippen LogP contribution in [0.15, 0.2) is 24.3 Å². The largest absolute Gasteiger partial charge is 0.455 e. The second kappa shape index (κ2) is 2.55. The van der Waals surface area contributed by atoms with Crippen LogP contribution in [-0.4, -0.2) is 5.11 Å². The van der Waals surface area contributed by atoms with Crippen molar-refractivity contribution in [3.05, 3.63) is 36.1 Å². The lowest BCUT2D eigenvalue weighted by atomic mass is 10.1. The van der Waals surface area contributed by atoms with Crippen LogP contribution in [0.5, 0.6) is 5.75 Å². The molecule has 0 atom stereocenters. The van der Waals surface area contributed by atoms with Crippen LogP contribution < -0.4 is 4.74 Å². The molecule has 0 saturated heterocycles. The van der Waals surface area contributed by atoms with Crippen LogP contribution in [0.2, 0.25) is 0 Å². The van der Waals surface area contributed by atoms with Gasteiger partial charge in [-0.2, -0.15) is 0 Å². The van der Waals surface area contributed by atoms with E-state index in [2.05, 4.69) is 0 Å². The van der Waals surface area contributed by atoms with Crippen LogP contribution in [0, 0.1) is 6.29 Å². The van der Waals surface area contributed by atoms with Gasteiger partial charge >= 0.3 is 0 Å². The summed E-state index contributed by atoms with van der Waals surface area (Å²) in [5, 5.41) is 9.05. The summed E-state index contributed by atoms with van der Waals surface area (Å²) in [6.45, 7) is 0. The molecule has 0 fully saturated rings. The number of hydrogen-bond acceptors (Lipinski definition) is 2. The van der Waals surface area contributed by atoms with Crippen molar-refractivity contribution in [2.24, 2.45) is 0 Å². The van der Waals surface area contributed by atoms with E-state index in [1.54, 1.807) is 0 Å². The summed E-state index contributed by atoms with van der Waals surface area (Å²) in [6, 6.07) is 7.76. The number of aliphatic hydroxyl groups is 1. The van der Waals surface area contributed by atoms with Gasteiger partial charge in [0.1, 0.15) is 5.75 Å². The smallest absolute Gasteiger partial charge is 0.274 e. The van der Waals surface area contributed by atoms with Crippen molar-refractivity contribution in [2.45, 2.75) is 12.8 Å². The first kappa shape index (κ1) is 6.68. The van der Waals surface area contributed by atoms with Gasteiger partial charge in [0.2, 0.25) is 0 Å². The van der Waals surface area contributed by atoms with Crippen LogP contribution in [-0.2, 0) is 6.42 Å². The molecule has 1 heterocycles. The van der Waals surface area contributed by atoms with E-state index in [1.807, 2.05) is 24.3 Å². The van der Waals surface area contributed by atoms with E-state index in [4.69, 9.17) is 9.84 Å². The normalized spacial score (nSPS) is 17.2. The van der Waals surface area contributed by atoms with Crippen LogP contribution in [0.3, 0.4) is 0 Å². The van der Waals surface area contributed by atoms with Crippen molar-refractivity contribution in [3.8, 4) is 5.75 Å². The molecule has 2 rings (SSSR count). The Morgan fingerprint density at radius 3 is 2.91 bits per heavy atom. The van der Waals surface area contributed by atoms with Gasteiger partial charge in [0.25, 0.3) is 6.29 Å². The molecule has 0 saturated carbocycles. The number of aryl methyl sites for hydroxylation is 1. The minimum Gasteiger partial charge on any atom is -0.455 e. The first-order valence-electron chi connectivity index (χ1n) is 3.67. The maximum absolute atomic E-state index is 9.05. The summed E-state index contributed by atoms with van der Waals surface area (Å²) in [5.74, 6) is 0.788. The molecule has 2 nitrogen and oxygen atoms in total. The third-order valence-corrected chi connectivity index (χ3v) is 1.81. The predicted octanol–water partition coefficient (Wildman–Crippen LogP) is 1.87. The third-order valence-electron chi connectivity index (χ3n) is 1.81. The zero-order chi connectivity index (χ0) is 7.68. The molecular formula is C9H9O2. The van der Waals surface area contributed by atoms with E-state index in [9.17, 15) is 0 Å². The van der Waals surface area contributed by atoms with Gasteiger partial charge in [0, 0.05) is 6.42 Å². The minimum atomic E-state index is 0.128. The highest BCUT2D eigenvalue weighted by Gasteiger charge is 2.17. The summed E-state index contributed by atoms with van der Waals surface area (Å²) >= 11 is 0. The van der Waals surface area contributed by atoms with E-state index in [-0.39, 0.29) is 6.29 Å². The van der Waals surface area contributed by atoms with Crippen LogP contribution in [0.25, 0.3) is 0 Å². The number of rotatable bonds is 0. The van der Waals surface area contributed by atoms with Gasteiger partial charge in [-0.15, -0.1) is 0 Å². The lowest BCUT2D eigenvalue weighted by Crippen LogP contribution is -2.13. The van der Waals surface area contributed by atoms with Crippen molar-refractivity contribution in [1.29, 1.82) is 0 Å². The standard InChI is InChI=1S/C9H9O2/c10-9-6-5-7-3-1-2-4-8(7)11-9/h1-4,10H,5-6H2. The number of benzene rings is 1. The van der Waals surface area contributed by atoms with Crippen molar-refractivity contribution in [3.63, 3.8) is 0 Å². The van der Waals surface area contributed by atoms with Crippen molar-refractivity contribution in [1.82, 2.24) is 0 Å². The Hall–Kier alpha value is -1.02. The molecule has 0 spiro atoms. The maximum atomic E-state index is 9.05. The Morgan fingerprint density at radius 2 is 2.00 bits per heavy atom. The fraction of sp³-hybridized carbons (Fsp3) is 0.222. The number of hydrogen-bond donors (Lipinski definition) is 1. The molecule has 57 valence electrons. The minimum absolute atomic E-state index is 0.128. The van der Waals surface area contributed by atoms with E-state index in [0.717, 1.165) is 12.2 Å². The molecule has 1 N–H and O–H groups in total. The molecule has 0 amide bonds. The Bertz CT molecular complexity index is 257. The van der Waals surface area contributed by atoms with Gasteiger partial charge in [0.05, 0.1) is 0 Å². The molecule has 1 aliphatic heterocycles. The molecule has 0 unspecified atom stereocenters. The zero-order valence-electron chi connectivity index (χ0n) is 6.08. The summed E-state index contributed by atoms with van der Waals surface area (Å²) in [4.78, 5) is 0. The molecular weight excluding hydrogens is 140 g/mol. The van der Waals surface area contributed by atoms with Gasteiger partial charge in [0.15, 0.2) is 0 Å². The highest BCUT2D eigenvalue weighted by Crippen LogP contribution is 2.28. The molecule has 1 aliphatic rings. The fourth-order valence-corrected chi connectivity index (χ4v) is 1.23. The summed E-state index contributed by atoms with van der Waals surface area (Å²) in [5.41, 5.74) is 1.17. The van der Waals surface area contributed by atoms with Gasteiger partial charge in [-0.3, -0.25) is 0 Å². The Balaban J connectivity index is 2.34. The first-order valence-corrected chi connectivity index (χ1v) is 3.67. The lowest BCUT2D eigenvalue weighted by Gasteiger charge is -2.19. The van der Waals surface area contributed by atoms with Crippen LogP contribution in [0.1, 0.15) is 12.0 Å². The molecule has 11 heavy (non-hydrogen) atoms. The number of aliphatic hydroxyl groups excluding tert-OH is 1. The molecule has 1 aromatic carbocycles. The van der Waals surface area contributed by atoms with Crippen molar-refractivity contribution in [2.75, 3.05) is 0 Å². The van der Waals surface area contributed by atoms with Gasteiger partial charge < -0.3 is 9.84 Å². The number of para-hydroxylation sites is 1. The molecule has 0 aromatic heterocycles.